The summed E-state index contributed by atoms with van der Waals surface area (Å²) >= 11 is 1.42. The average molecular weight is 496 g/mol. The first-order valence-corrected chi connectivity index (χ1v) is 13.0. The van der Waals surface area contributed by atoms with Crippen LogP contribution in [0.25, 0.3) is 38.9 Å². The van der Waals surface area contributed by atoms with E-state index in [9.17, 15) is 4.79 Å². The van der Waals surface area contributed by atoms with E-state index in [1.807, 2.05) is 55.8 Å². The maximum Gasteiger partial charge on any atom is 0.348 e. The van der Waals surface area contributed by atoms with Gasteiger partial charge in [-0.25, -0.2) is 9.78 Å². The van der Waals surface area contributed by atoms with E-state index in [1.54, 1.807) is 6.33 Å². The van der Waals surface area contributed by atoms with Gasteiger partial charge in [-0.2, -0.15) is 0 Å². The normalized spacial score (nSPS) is 17.9. The predicted octanol–water partition coefficient (Wildman–Crippen LogP) is 7.84. The second-order valence-corrected chi connectivity index (χ2v) is 10.5. The first-order valence-electron chi connectivity index (χ1n) is 12.1. The van der Waals surface area contributed by atoms with Crippen LogP contribution in [-0.4, -0.2) is 27.0 Å². The van der Waals surface area contributed by atoms with E-state index in [0.717, 1.165) is 63.0 Å². The Hall–Kier alpha value is -3.77. The molecule has 3 heterocycles. The van der Waals surface area contributed by atoms with Crippen molar-refractivity contribution in [3.05, 3.63) is 89.2 Å². The molecule has 1 aliphatic rings. The summed E-state index contributed by atoms with van der Waals surface area (Å²) in [6.07, 6.45) is 11.6. The molecule has 4 aromatic rings. The topological polar surface area (TPSA) is 67.9 Å². The van der Waals surface area contributed by atoms with Gasteiger partial charge in [-0.1, -0.05) is 43.4 Å². The molecule has 3 aromatic heterocycles. The van der Waals surface area contributed by atoms with Crippen molar-refractivity contribution in [2.24, 2.45) is 5.92 Å². The van der Waals surface area contributed by atoms with Crippen molar-refractivity contribution >= 4 is 33.8 Å². The molecule has 1 fully saturated rings. The number of esters is 1. The zero-order valence-corrected chi connectivity index (χ0v) is 21.6. The fraction of sp³-hybridized carbons (Fsp3) is 0.233. The van der Waals surface area contributed by atoms with Crippen LogP contribution in [0.2, 0.25) is 0 Å². The van der Waals surface area contributed by atoms with Gasteiger partial charge < -0.3 is 9.72 Å². The molecule has 1 aromatic carbocycles. The van der Waals surface area contributed by atoms with Gasteiger partial charge in [0.25, 0.3) is 0 Å². The zero-order valence-electron chi connectivity index (χ0n) is 20.7. The molecule has 0 radical (unpaired) electrons. The minimum atomic E-state index is -0.229. The van der Waals surface area contributed by atoms with E-state index < -0.39 is 0 Å². The summed E-state index contributed by atoms with van der Waals surface area (Å²) in [6, 6.07) is 10.2. The van der Waals surface area contributed by atoms with Crippen LogP contribution in [0.3, 0.4) is 0 Å². The first-order chi connectivity index (χ1) is 17.4. The number of hydrogen-bond acceptors (Lipinski definition) is 5. The van der Waals surface area contributed by atoms with E-state index in [0.29, 0.717) is 10.8 Å². The van der Waals surface area contributed by atoms with Gasteiger partial charge in [0.15, 0.2) is 0 Å². The molecule has 0 bridgehead atoms. The van der Waals surface area contributed by atoms with Crippen LogP contribution in [0.15, 0.2) is 78.6 Å². The Kier molecular flexibility index (Phi) is 6.70. The maximum absolute atomic E-state index is 12.5. The van der Waals surface area contributed by atoms with Crippen molar-refractivity contribution in [3.8, 4) is 22.4 Å². The Morgan fingerprint density at radius 1 is 1.14 bits per heavy atom. The van der Waals surface area contributed by atoms with Gasteiger partial charge in [0, 0.05) is 22.7 Å². The smallest absolute Gasteiger partial charge is 0.348 e. The fourth-order valence-electron chi connectivity index (χ4n) is 4.42. The Labute approximate surface area is 215 Å². The van der Waals surface area contributed by atoms with Crippen molar-refractivity contribution in [3.63, 3.8) is 0 Å². The van der Waals surface area contributed by atoms with Gasteiger partial charge in [-0.05, 0) is 73.4 Å². The molecule has 1 N–H and O–H groups in total. The summed E-state index contributed by atoms with van der Waals surface area (Å²) in [5.74, 6) is 0.416. The van der Waals surface area contributed by atoms with Gasteiger partial charge in [0.05, 0.1) is 23.2 Å². The number of aromatic amines is 1. The van der Waals surface area contributed by atoms with E-state index in [1.165, 1.54) is 11.3 Å². The molecule has 182 valence electrons. The molecule has 0 amide bonds. The summed E-state index contributed by atoms with van der Waals surface area (Å²) in [5.41, 5.74) is 7.82. The quantitative estimate of drug-likeness (QED) is 0.209. The largest absolute Gasteiger partial charge is 0.458 e. The lowest BCUT2D eigenvalue weighted by atomic mass is 9.84. The maximum atomic E-state index is 12.5. The van der Waals surface area contributed by atoms with Crippen molar-refractivity contribution in [1.82, 2.24) is 15.0 Å². The van der Waals surface area contributed by atoms with Crippen LogP contribution in [0, 0.1) is 5.92 Å². The van der Waals surface area contributed by atoms with E-state index in [-0.39, 0.29) is 12.1 Å². The number of nitrogens with one attached hydrogen (secondary N) is 1. The number of carbonyl (C=O) groups excluding carboxylic acids is 1. The first kappa shape index (κ1) is 23.9. The molecule has 0 spiro atoms. The Morgan fingerprint density at radius 2 is 1.94 bits per heavy atom. The second kappa shape index (κ2) is 10.1. The van der Waals surface area contributed by atoms with Crippen molar-refractivity contribution in [1.29, 1.82) is 0 Å². The van der Waals surface area contributed by atoms with Gasteiger partial charge in [0.2, 0.25) is 0 Å². The Morgan fingerprint density at radius 3 is 2.72 bits per heavy atom. The number of hydrogen-bond donors (Lipinski definition) is 1. The highest BCUT2D eigenvalue weighted by Crippen LogP contribution is 2.33. The number of nitrogens with zero attached hydrogens (tertiary/aromatic N) is 2. The van der Waals surface area contributed by atoms with Crippen LogP contribution in [0.4, 0.5) is 0 Å². The predicted molar refractivity (Wildman–Crippen MR) is 148 cm³/mol. The third-order valence-electron chi connectivity index (χ3n) is 6.45. The number of allylic oxidation sites excluding steroid dienone is 5. The second-order valence-electron chi connectivity index (χ2n) is 9.62. The highest BCUT2D eigenvalue weighted by atomic mass is 32.1. The third-order valence-corrected chi connectivity index (χ3v) is 7.36. The summed E-state index contributed by atoms with van der Waals surface area (Å²) in [7, 11) is 0. The van der Waals surface area contributed by atoms with E-state index >= 15 is 0 Å². The minimum Gasteiger partial charge on any atom is -0.458 e. The number of fused-ring (bicyclic) bond motifs is 1. The molecule has 5 rings (SSSR count). The van der Waals surface area contributed by atoms with Crippen LogP contribution in [-0.2, 0) is 4.74 Å². The summed E-state index contributed by atoms with van der Waals surface area (Å²) in [6.45, 7) is 10.1. The number of carbonyl (C=O) groups is 1. The number of pyridine rings is 1. The summed E-state index contributed by atoms with van der Waals surface area (Å²) in [4.78, 5) is 25.7. The molecule has 0 unspecified atom stereocenters. The highest BCUT2D eigenvalue weighted by Gasteiger charge is 2.29. The highest BCUT2D eigenvalue weighted by molar-refractivity contribution is 7.12. The molecular weight excluding hydrogens is 466 g/mol. The lowest BCUT2D eigenvalue weighted by molar-refractivity contribution is -0.00684. The number of aromatic nitrogens is 3. The number of H-pyrrole nitrogens is 1. The van der Waals surface area contributed by atoms with Crippen molar-refractivity contribution < 1.29 is 9.53 Å². The molecule has 1 saturated carbocycles. The molecule has 36 heavy (non-hydrogen) atoms. The molecule has 5 nitrogen and oxygen atoms in total. The van der Waals surface area contributed by atoms with Gasteiger partial charge in [-0.15, -0.1) is 11.3 Å². The number of benzene rings is 1. The van der Waals surface area contributed by atoms with Crippen LogP contribution in [0.5, 0.6) is 0 Å². The number of ether oxygens (including phenoxy) is 1. The molecule has 0 atom stereocenters. The molecule has 1 aliphatic carbocycles. The summed E-state index contributed by atoms with van der Waals surface area (Å²) in [5, 5.41) is 3.01. The van der Waals surface area contributed by atoms with Crippen molar-refractivity contribution in [2.45, 2.75) is 39.7 Å². The van der Waals surface area contributed by atoms with Gasteiger partial charge >= 0.3 is 5.97 Å². The van der Waals surface area contributed by atoms with E-state index in [4.69, 9.17) is 4.74 Å². The molecule has 6 heteroatoms. The minimum absolute atomic E-state index is 0.0618. The monoisotopic (exact) mass is 495 g/mol. The lowest BCUT2D eigenvalue weighted by Gasteiger charge is -2.31. The summed E-state index contributed by atoms with van der Waals surface area (Å²) < 4.78 is 5.62. The van der Waals surface area contributed by atoms with Crippen LogP contribution < -0.4 is 0 Å². The SMILES string of the molecule is C=C(C)/C=C\C=C(/C)c1nc[nH]c1-c1ccc2ncc(-c3csc(C(=O)OC4CC(C)C4)c3)cc2c1. The fourth-order valence-corrected chi connectivity index (χ4v) is 5.22. The lowest BCUT2D eigenvalue weighted by Crippen LogP contribution is -2.31. The molecular formula is C30H29N3O2S. The number of thiophene rings is 1. The van der Waals surface area contributed by atoms with Gasteiger partial charge in [-0.3, -0.25) is 4.98 Å². The van der Waals surface area contributed by atoms with E-state index in [2.05, 4.69) is 46.7 Å². The molecule has 0 aliphatic heterocycles. The third kappa shape index (κ3) is 5.09. The number of rotatable bonds is 7. The number of imidazole rings is 1. The van der Waals surface area contributed by atoms with Crippen LogP contribution >= 0.6 is 11.3 Å². The molecule has 0 saturated heterocycles. The standard InChI is InChI=1S/C30H29N3O2S/c1-18(2)6-5-7-20(4)28-29(33-17-32-28)21-8-9-26-22(12-21)13-23(15-31-26)24-14-27(36-16-24)30(34)35-25-10-19(3)11-25/h5-9,12-17,19,25H,1,10-11H2,2-4H3,(H,32,33)/b6-5-,20-7+. The van der Waals surface area contributed by atoms with Gasteiger partial charge in [0.1, 0.15) is 11.0 Å². The van der Waals surface area contributed by atoms with Crippen LogP contribution in [0.1, 0.15) is 49.0 Å². The Balaban J connectivity index is 1.40. The average Bonchev–Trinajstić information content (AvgIpc) is 3.52. The zero-order chi connectivity index (χ0) is 25.2. The van der Waals surface area contributed by atoms with Crippen molar-refractivity contribution in [2.75, 3.05) is 0 Å². The Bertz CT molecular complexity index is 1500.